The Morgan fingerprint density at radius 2 is 2.22 bits per heavy atom. The quantitative estimate of drug-likeness (QED) is 0.867. The molecule has 1 fully saturated rings. The lowest BCUT2D eigenvalue weighted by Gasteiger charge is -2.33. The second-order valence-corrected chi connectivity index (χ2v) is 6.42. The van der Waals surface area contributed by atoms with E-state index in [1.165, 1.54) is 5.56 Å². The molecule has 0 aliphatic carbocycles. The molecule has 1 aliphatic heterocycles. The minimum atomic E-state index is 0.248. The molecule has 124 valence electrons. The number of rotatable bonds is 4. The van der Waals surface area contributed by atoms with Crippen molar-refractivity contribution in [2.24, 2.45) is 7.05 Å². The summed E-state index contributed by atoms with van der Waals surface area (Å²) in [5.74, 6) is 0.248. The molecule has 6 heteroatoms. The van der Waals surface area contributed by atoms with Gasteiger partial charge in [0.15, 0.2) is 0 Å². The maximum atomic E-state index is 12.6. The van der Waals surface area contributed by atoms with Crippen LogP contribution in [-0.4, -0.2) is 43.2 Å². The molecule has 0 bridgehead atoms. The second kappa shape index (κ2) is 6.56. The van der Waals surface area contributed by atoms with Gasteiger partial charge in [-0.2, -0.15) is 5.10 Å². The second-order valence-electron chi connectivity index (χ2n) is 6.42. The van der Waals surface area contributed by atoms with Crippen molar-refractivity contribution in [3.63, 3.8) is 0 Å². The standard InChI is InChI=1S/C17H25N5O/c1-13-16(14(2)20(3)19-13)6-7-17(23)21-9-4-5-15(11-21)22-10-8-18-12-22/h8,10,12,15H,4-7,9,11H2,1-3H3/t15-/m1/s1. The molecule has 0 radical (unpaired) electrons. The van der Waals surface area contributed by atoms with Crippen molar-refractivity contribution in [1.29, 1.82) is 0 Å². The average Bonchev–Trinajstić information content (AvgIpc) is 3.16. The van der Waals surface area contributed by atoms with E-state index >= 15 is 0 Å². The normalized spacial score (nSPS) is 18.4. The van der Waals surface area contributed by atoms with Gasteiger partial charge < -0.3 is 9.47 Å². The minimum Gasteiger partial charge on any atom is -0.341 e. The lowest BCUT2D eigenvalue weighted by atomic mass is 10.0. The highest BCUT2D eigenvalue weighted by Gasteiger charge is 2.24. The summed E-state index contributed by atoms with van der Waals surface area (Å²) in [5, 5.41) is 4.43. The van der Waals surface area contributed by atoms with Gasteiger partial charge in [-0.25, -0.2) is 4.98 Å². The number of carbonyl (C=O) groups excluding carboxylic acids is 1. The molecule has 2 aromatic heterocycles. The topological polar surface area (TPSA) is 56.0 Å². The lowest BCUT2D eigenvalue weighted by Crippen LogP contribution is -2.40. The summed E-state index contributed by atoms with van der Waals surface area (Å²) in [6.07, 6.45) is 9.14. The molecule has 1 atom stereocenters. The number of nitrogens with zero attached hydrogens (tertiary/aromatic N) is 5. The molecule has 0 unspecified atom stereocenters. The van der Waals surface area contributed by atoms with Gasteiger partial charge in [-0.15, -0.1) is 0 Å². The molecule has 1 saturated heterocycles. The molecule has 0 aromatic carbocycles. The Balaban J connectivity index is 1.59. The molecule has 1 aliphatic rings. The summed E-state index contributed by atoms with van der Waals surface area (Å²) in [7, 11) is 1.95. The van der Waals surface area contributed by atoms with Gasteiger partial charge in [0.05, 0.1) is 18.1 Å². The number of imidazole rings is 1. The number of carbonyl (C=O) groups is 1. The highest BCUT2D eigenvalue weighted by Crippen LogP contribution is 2.22. The van der Waals surface area contributed by atoms with Crippen LogP contribution in [-0.2, 0) is 18.3 Å². The van der Waals surface area contributed by atoms with E-state index in [0.717, 1.165) is 43.7 Å². The Morgan fingerprint density at radius 1 is 1.39 bits per heavy atom. The number of hydrogen-bond donors (Lipinski definition) is 0. The van der Waals surface area contributed by atoms with Crippen molar-refractivity contribution < 1.29 is 4.79 Å². The summed E-state index contributed by atoms with van der Waals surface area (Å²) < 4.78 is 4.01. The van der Waals surface area contributed by atoms with E-state index < -0.39 is 0 Å². The van der Waals surface area contributed by atoms with Gasteiger partial charge in [0.2, 0.25) is 5.91 Å². The fourth-order valence-corrected chi connectivity index (χ4v) is 3.48. The number of likely N-dealkylation sites (tertiary alicyclic amines) is 1. The van der Waals surface area contributed by atoms with Crippen molar-refractivity contribution in [2.45, 2.75) is 45.6 Å². The smallest absolute Gasteiger partial charge is 0.222 e. The largest absolute Gasteiger partial charge is 0.341 e. The molecule has 0 spiro atoms. The first-order chi connectivity index (χ1) is 11.1. The molecular weight excluding hydrogens is 290 g/mol. The Kier molecular flexibility index (Phi) is 4.50. The molecule has 23 heavy (non-hydrogen) atoms. The Bertz CT molecular complexity index is 673. The summed E-state index contributed by atoms with van der Waals surface area (Å²) in [4.78, 5) is 18.7. The summed E-state index contributed by atoms with van der Waals surface area (Å²) >= 11 is 0. The number of aromatic nitrogens is 4. The van der Waals surface area contributed by atoms with Crippen LogP contribution < -0.4 is 0 Å². The van der Waals surface area contributed by atoms with Gasteiger partial charge in [0, 0.05) is 44.6 Å². The van der Waals surface area contributed by atoms with Gasteiger partial charge in [-0.1, -0.05) is 0 Å². The van der Waals surface area contributed by atoms with Gasteiger partial charge in [-0.05, 0) is 38.7 Å². The van der Waals surface area contributed by atoms with Crippen LogP contribution in [0, 0.1) is 13.8 Å². The SMILES string of the molecule is Cc1nn(C)c(C)c1CCC(=O)N1CCC[C@@H](n2ccnc2)C1. The van der Waals surface area contributed by atoms with Gasteiger partial charge in [-0.3, -0.25) is 9.48 Å². The molecule has 3 heterocycles. The Hall–Kier alpha value is -2.11. The van der Waals surface area contributed by atoms with E-state index in [9.17, 15) is 4.79 Å². The van der Waals surface area contributed by atoms with E-state index in [2.05, 4.69) is 21.6 Å². The van der Waals surface area contributed by atoms with E-state index in [1.54, 1.807) is 6.20 Å². The third kappa shape index (κ3) is 3.30. The van der Waals surface area contributed by atoms with Crippen LogP contribution in [0.1, 0.15) is 42.3 Å². The molecule has 0 N–H and O–H groups in total. The van der Waals surface area contributed by atoms with Crippen molar-refractivity contribution in [1.82, 2.24) is 24.2 Å². The molecule has 6 nitrogen and oxygen atoms in total. The van der Waals surface area contributed by atoms with Crippen molar-refractivity contribution >= 4 is 5.91 Å². The third-order valence-electron chi connectivity index (χ3n) is 4.94. The molecule has 1 amide bonds. The monoisotopic (exact) mass is 315 g/mol. The Labute approximate surface area is 137 Å². The van der Waals surface area contributed by atoms with Gasteiger partial charge in [0.1, 0.15) is 0 Å². The third-order valence-corrected chi connectivity index (χ3v) is 4.94. The van der Waals surface area contributed by atoms with E-state index in [-0.39, 0.29) is 5.91 Å². The van der Waals surface area contributed by atoms with Gasteiger partial charge >= 0.3 is 0 Å². The highest BCUT2D eigenvalue weighted by atomic mass is 16.2. The average molecular weight is 315 g/mol. The summed E-state index contributed by atoms with van der Waals surface area (Å²) in [6, 6.07) is 0.358. The van der Waals surface area contributed by atoms with Crippen LogP contribution in [0.5, 0.6) is 0 Å². The number of amides is 1. The fraction of sp³-hybridized carbons (Fsp3) is 0.588. The first kappa shape index (κ1) is 15.8. The number of hydrogen-bond acceptors (Lipinski definition) is 3. The molecular formula is C17H25N5O. The predicted molar refractivity (Wildman–Crippen MR) is 88.1 cm³/mol. The van der Waals surface area contributed by atoms with Crippen LogP contribution in [0.3, 0.4) is 0 Å². The Morgan fingerprint density at radius 3 is 2.87 bits per heavy atom. The van der Waals surface area contributed by atoms with E-state index in [1.807, 2.05) is 36.1 Å². The lowest BCUT2D eigenvalue weighted by molar-refractivity contribution is -0.132. The highest BCUT2D eigenvalue weighted by molar-refractivity contribution is 5.76. The maximum Gasteiger partial charge on any atom is 0.222 e. The number of aryl methyl sites for hydroxylation is 2. The maximum absolute atomic E-state index is 12.6. The number of piperidine rings is 1. The summed E-state index contributed by atoms with van der Waals surface area (Å²) in [6.45, 7) is 5.74. The zero-order valence-electron chi connectivity index (χ0n) is 14.2. The summed E-state index contributed by atoms with van der Waals surface area (Å²) in [5.41, 5.74) is 3.40. The molecule has 2 aromatic rings. The minimum absolute atomic E-state index is 0.248. The van der Waals surface area contributed by atoms with Crippen molar-refractivity contribution in [2.75, 3.05) is 13.1 Å². The van der Waals surface area contributed by atoms with Crippen LogP contribution in [0.4, 0.5) is 0 Å². The van der Waals surface area contributed by atoms with Crippen LogP contribution in [0.15, 0.2) is 18.7 Å². The van der Waals surface area contributed by atoms with Crippen LogP contribution >= 0.6 is 0 Å². The van der Waals surface area contributed by atoms with Gasteiger partial charge in [0.25, 0.3) is 0 Å². The van der Waals surface area contributed by atoms with E-state index in [4.69, 9.17) is 0 Å². The first-order valence-electron chi connectivity index (χ1n) is 8.30. The van der Waals surface area contributed by atoms with Crippen molar-refractivity contribution in [3.8, 4) is 0 Å². The van der Waals surface area contributed by atoms with Crippen LogP contribution in [0.25, 0.3) is 0 Å². The molecule has 0 saturated carbocycles. The van der Waals surface area contributed by atoms with Crippen LogP contribution in [0.2, 0.25) is 0 Å². The zero-order valence-corrected chi connectivity index (χ0v) is 14.2. The van der Waals surface area contributed by atoms with Crippen molar-refractivity contribution in [3.05, 3.63) is 35.7 Å². The van der Waals surface area contributed by atoms with E-state index in [0.29, 0.717) is 12.5 Å². The first-order valence-corrected chi connectivity index (χ1v) is 8.30. The fourth-order valence-electron chi connectivity index (χ4n) is 3.48. The predicted octanol–water partition coefficient (Wildman–Crippen LogP) is 2.03. The zero-order chi connectivity index (χ0) is 16.4. The molecule has 3 rings (SSSR count).